The highest BCUT2D eigenvalue weighted by Gasteiger charge is 2.06. The Bertz CT molecular complexity index is 646. The molecule has 23 heavy (non-hydrogen) atoms. The van der Waals surface area contributed by atoms with Crippen LogP contribution >= 0.6 is 0 Å². The third kappa shape index (κ3) is 4.94. The maximum atomic E-state index is 13.7. The lowest BCUT2D eigenvalue weighted by Crippen LogP contribution is -2.14. The van der Waals surface area contributed by atoms with E-state index in [2.05, 4.69) is 5.32 Å². The van der Waals surface area contributed by atoms with Crippen LogP contribution in [0.5, 0.6) is 11.5 Å². The van der Waals surface area contributed by atoms with E-state index in [9.17, 15) is 4.39 Å². The van der Waals surface area contributed by atoms with Gasteiger partial charge in [0.25, 0.3) is 0 Å². The first-order chi connectivity index (χ1) is 11.1. The van der Waals surface area contributed by atoms with Crippen molar-refractivity contribution in [2.75, 3.05) is 20.3 Å². The van der Waals surface area contributed by atoms with Crippen LogP contribution in [-0.2, 0) is 13.1 Å². The highest BCUT2D eigenvalue weighted by Crippen LogP contribution is 2.28. The Balaban J connectivity index is 1.96. The number of hydrogen-bond donors (Lipinski definition) is 2. The van der Waals surface area contributed by atoms with Crippen LogP contribution in [0.25, 0.3) is 0 Å². The number of aliphatic hydroxyl groups is 1. The van der Waals surface area contributed by atoms with Crippen molar-refractivity contribution in [3.63, 3.8) is 0 Å². The van der Waals surface area contributed by atoms with Crippen molar-refractivity contribution < 1.29 is 19.0 Å². The minimum absolute atomic E-state index is 0.0471. The predicted molar refractivity (Wildman–Crippen MR) is 87.3 cm³/mol. The van der Waals surface area contributed by atoms with Gasteiger partial charge in [0.2, 0.25) is 0 Å². The zero-order valence-corrected chi connectivity index (χ0v) is 13.4. The summed E-state index contributed by atoms with van der Waals surface area (Å²) in [5, 5.41) is 12.0. The molecule has 0 unspecified atom stereocenters. The molecule has 2 rings (SSSR count). The molecule has 0 fully saturated rings. The number of aliphatic hydroxyl groups excluding tert-OH is 1. The lowest BCUT2D eigenvalue weighted by molar-refractivity contribution is 0.196. The second-order valence-electron chi connectivity index (χ2n) is 5.26. The van der Waals surface area contributed by atoms with E-state index in [1.165, 1.54) is 6.07 Å². The molecule has 0 aliphatic heterocycles. The molecule has 0 saturated carbocycles. The molecule has 124 valence electrons. The van der Waals surface area contributed by atoms with Crippen molar-refractivity contribution >= 4 is 0 Å². The zero-order chi connectivity index (χ0) is 16.7. The summed E-state index contributed by atoms with van der Waals surface area (Å²) in [4.78, 5) is 0. The van der Waals surface area contributed by atoms with Crippen LogP contribution in [-0.4, -0.2) is 25.4 Å². The van der Waals surface area contributed by atoms with Crippen LogP contribution in [0.15, 0.2) is 36.4 Å². The molecule has 2 aromatic carbocycles. The summed E-state index contributed by atoms with van der Waals surface area (Å²) in [5.74, 6) is 1.00. The molecule has 0 atom stereocenters. The van der Waals surface area contributed by atoms with E-state index < -0.39 is 0 Å². The summed E-state index contributed by atoms with van der Waals surface area (Å²) >= 11 is 0. The maximum absolute atomic E-state index is 13.7. The maximum Gasteiger partial charge on any atom is 0.161 e. The summed E-state index contributed by atoms with van der Waals surface area (Å²) in [6, 6.07) is 10.7. The fourth-order valence-corrected chi connectivity index (χ4v) is 2.28. The van der Waals surface area contributed by atoms with Crippen LogP contribution < -0.4 is 14.8 Å². The lowest BCUT2D eigenvalue weighted by Gasteiger charge is -2.12. The van der Waals surface area contributed by atoms with Crippen molar-refractivity contribution in [3.05, 3.63) is 58.9 Å². The van der Waals surface area contributed by atoms with Crippen molar-refractivity contribution in [1.82, 2.24) is 5.32 Å². The largest absolute Gasteiger partial charge is 0.493 e. The summed E-state index contributed by atoms with van der Waals surface area (Å²) in [5.41, 5.74) is 2.70. The van der Waals surface area contributed by atoms with Gasteiger partial charge in [0.15, 0.2) is 11.5 Å². The second kappa shape index (κ2) is 8.50. The van der Waals surface area contributed by atoms with Gasteiger partial charge in [-0.25, -0.2) is 4.39 Å². The van der Waals surface area contributed by atoms with Crippen molar-refractivity contribution in [1.29, 1.82) is 0 Å². The number of benzene rings is 2. The smallest absolute Gasteiger partial charge is 0.161 e. The fraction of sp³-hybridized carbons (Fsp3) is 0.333. The molecule has 4 nitrogen and oxygen atoms in total. The van der Waals surface area contributed by atoms with Crippen molar-refractivity contribution in [2.45, 2.75) is 20.0 Å². The summed E-state index contributed by atoms with van der Waals surface area (Å²) in [6.07, 6.45) is 0. The van der Waals surface area contributed by atoms with Crippen LogP contribution in [0.3, 0.4) is 0 Å². The van der Waals surface area contributed by atoms with Gasteiger partial charge in [-0.05, 0) is 30.7 Å². The molecule has 0 aliphatic rings. The Hall–Kier alpha value is -2.11. The number of halogens is 1. The second-order valence-corrected chi connectivity index (χ2v) is 5.26. The monoisotopic (exact) mass is 319 g/mol. The van der Waals surface area contributed by atoms with Gasteiger partial charge in [-0.15, -0.1) is 0 Å². The highest BCUT2D eigenvalue weighted by atomic mass is 19.1. The fourth-order valence-electron chi connectivity index (χ4n) is 2.28. The summed E-state index contributed by atoms with van der Waals surface area (Å²) < 4.78 is 24.4. The molecule has 0 aromatic heterocycles. The third-order valence-corrected chi connectivity index (χ3v) is 3.42. The van der Waals surface area contributed by atoms with E-state index >= 15 is 0 Å². The van der Waals surface area contributed by atoms with Crippen LogP contribution in [0.1, 0.15) is 16.7 Å². The first-order valence-corrected chi connectivity index (χ1v) is 7.50. The van der Waals surface area contributed by atoms with Gasteiger partial charge in [-0.1, -0.05) is 23.8 Å². The molecule has 2 N–H and O–H groups in total. The van der Waals surface area contributed by atoms with Crippen LogP contribution in [0, 0.1) is 12.7 Å². The summed E-state index contributed by atoms with van der Waals surface area (Å²) in [6.45, 7) is 3.16. The Kier molecular flexibility index (Phi) is 6.38. The highest BCUT2D eigenvalue weighted by molar-refractivity contribution is 5.43. The minimum Gasteiger partial charge on any atom is -0.493 e. The van der Waals surface area contributed by atoms with E-state index in [-0.39, 0.29) is 19.0 Å². The van der Waals surface area contributed by atoms with Gasteiger partial charge in [-0.3, -0.25) is 0 Å². The van der Waals surface area contributed by atoms with E-state index in [1.807, 2.05) is 25.1 Å². The molecule has 0 aliphatic carbocycles. The average molecular weight is 319 g/mol. The van der Waals surface area contributed by atoms with Crippen LogP contribution in [0.2, 0.25) is 0 Å². The molecular weight excluding hydrogens is 297 g/mol. The van der Waals surface area contributed by atoms with Gasteiger partial charge in [-0.2, -0.15) is 0 Å². The van der Waals surface area contributed by atoms with Gasteiger partial charge >= 0.3 is 0 Å². The van der Waals surface area contributed by atoms with E-state index in [4.69, 9.17) is 14.6 Å². The molecule has 0 heterocycles. The van der Waals surface area contributed by atoms with E-state index in [0.29, 0.717) is 30.2 Å². The van der Waals surface area contributed by atoms with Crippen LogP contribution in [0.4, 0.5) is 4.39 Å². The van der Waals surface area contributed by atoms with Crippen molar-refractivity contribution in [2.24, 2.45) is 0 Å². The van der Waals surface area contributed by atoms with E-state index in [1.54, 1.807) is 19.2 Å². The van der Waals surface area contributed by atoms with Gasteiger partial charge < -0.3 is 19.9 Å². The Labute approximate surface area is 135 Å². The minimum atomic E-state index is -0.201. The number of aryl methyl sites for hydroxylation is 1. The average Bonchev–Trinajstić information content (AvgIpc) is 2.56. The first kappa shape index (κ1) is 17.2. The number of hydrogen-bond acceptors (Lipinski definition) is 4. The summed E-state index contributed by atoms with van der Waals surface area (Å²) in [7, 11) is 1.57. The van der Waals surface area contributed by atoms with Gasteiger partial charge in [0, 0.05) is 18.7 Å². The molecule has 0 spiro atoms. The quantitative estimate of drug-likeness (QED) is 0.785. The standard InChI is InChI=1S/C18H22FNO3/c1-13-3-5-16(19)15(9-13)12-20-11-14-4-6-17(23-8-7-21)18(10-14)22-2/h3-6,9-10,20-21H,7-8,11-12H2,1-2H3. The molecular formula is C18H22FNO3. The Morgan fingerprint density at radius 3 is 2.65 bits per heavy atom. The molecule has 2 aromatic rings. The van der Waals surface area contributed by atoms with Gasteiger partial charge in [0.05, 0.1) is 13.7 Å². The zero-order valence-electron chi connectivity index (χ0n) is 13.4. The van der Waals surface area contributed by atoms with E-state index in [0.717, 1.165) is 11.1 Å². The topological polar surface area (TPSA) is 50.7 Å². The van der Waals surface area contributed by atoms with Crippen molar-refractivity contribution in [3.8, 4) is 11.5 Å². The lowest BCUT2D eigenvalue weighted by atomic mass is 10.1. The Morgan fingerprint density at radius 2 is 1.91 bits per heavy atom. The third-order valence-electron chi connectivity index (χ3n) is 3.42. The normalized spacial score (nSPS) is 10.6. The molecule has 0 amide bonds. The number of ether oxygens (including phenoxy) is 2. The molecule has 0 bridgehead atoms. The number of rotatable bonds is 8. The molecule has 0 saturated heterocycles. The SMILES string of the molecule is COc1cc(CNCc2cc(C)ccc2F)ccc1OCCO. The number of nitrogens with one attached hydrogen (secondary N) is 1. The molecule has 5 heteroatoms. The Morgan fingerprint density at radius 1 is 1.09 bits per heavy atom. The first-order valence-electron chi connectivity index (χ1n) is 7.50. The number of methoxy groups -OCH3 is 1. The molecule has 0 radical (unpaired) electrons. The predicted octanol–water partition coefficient (Wildman–Crippen LogP) is 2.80. The van der Waals surface area contributed by atoms with Gasteiger partial charge in [0.1, 0.15) is 12.4 Å².